The Balaban J connectivity index is 1.30. The first kappa shape index (κ1) is 17.5. The third-order valence-corrected chi connectivity index (χ3v) is 6.56. The number of hydrogen-bond donors (Lipinski definition) is 0. The van der Waals surface area contributed by atoms with E-state index in [0.717, 1.165) is 42.3 Å². The predicted octanol–water partition coefficient (Wildman–Crippen LogP) is 2.64. The molecule has 0 radical (unpaired) electrons. The van der Waals surface area contributed by atoms with Crippen molar-refractivity contribution < 1.29 is 9.53 Å². The quantitative estimate of drug-likeness (QED) is 0.676. The van der Waals surface area contributed by atoms with E-state index in [1.807, 2.05) is 47.0 Å². The fourth-order valence-corrected chi connectivity index (χ4v) is 4.37. The van der Waals surface area contributed by atoms with Gasteiger partial charge in [0.05, 0.1) is 5.69 Å². The monoisotopic (exact) mass is 395 g/mol. The highest BCUT2D eigenvalue weighted by Crippen LogP contribution is 2.28. The molecule has 144 valence electrons. The number of nitrogens with zero attached hydrogens (tertiary/aromatic N) is 5. The first-order chi connectivity index (χ1) is 13.8. The maximum atomic E-state index is 13.0. The van der Waals surface area contributed by atoms with Crippen LogP contribution < -0.4 is 4.74 Å². The van der Waals surface area contributed by atoms with Crippen molar-refractivity contribution in [3.05, 3.63) is 54.1 Å². The lowest BCUT2D eigenvalue weighted by Gasteiger charge is -2.33. The van der Waals surface area contributed by atoms with E-state index in [0.29, 0.717) is 24.0 Å². The highest BCUT2D eigenvalue weighted by Gasteiger charge is 2.27. The van der Waals surface area contributed by atoms with Gasteiger partial charge in [-0.2, -0.15) is 21.8 Å². The molecule has 28 heavy (non-hydrogen) atoms. The second-order valence-corrected chi connectivity index (χ2v) is 8.31. The maximum absolute atomic E-state index is 13.0. The van der Waals surface area contributed by atoms with Gasteiger partial charge in [0.1, 0.15) is 18.2 Å². The van der Waals surface area contributed by atoms with Gasteiger partial charge in [-0.25, -0.2) is 9.50 Å². The van der Waals surface area contributed by atoms with Crippen LogP contribution in [0.5, 0.6) is 5.75 Å². The Morgan fingerprint density at radius 3 is 2.79 bits per heavy atom. The van der Waals surface area contributed by atoms with Gasteiger partial charge >= 0.3 is 0 Å². The van der Waals surface area contributed by atoms with Gasteiger partial charge in [-0.05, 0) is 43.2 Å². The van der Waals surface area contributed by atoms with Crippen molar-refractivity contribution in [2.75, 3.05) is 24.6 Å². The largest absolute Gasteiger partial charge is 0.489 e. The van der Waals surface area contributed by atoms with Gasteiger partial charge in [0.15, 0.2) is 0 Å². The predicted molar refractivity (Wildman–Crippen MR) is 107 cm³/mol. The number of hydrogen-bond acceptors (Lipinski definition) is 6. The first-order valence-corrected chi connectivity index (χ1v) is 10.7. The molecular weight excluding hydrogens is 374 g/mol. The van der Waals surface area contributed by atoms with Crippen molar-refractivity contribution in [2.45, 2.75) is 24.9 Å². The Hall–Kier alpha value is -2.61. The zero-order valence-corrected chi connectivity index (χ0v) is 16.2. The molecule has 1 atom stereocenters. The molecule has 2 aliphatic rings. The molecule has 3 aromatic rings. The Kier molecular flexibility index (Phi) is 4.64. The van der Waals surface area contributed by atoms with Gasteiger partial charge in [0.25, 0.3) is 11.7 Å². The van der Waals surface area contributed by atoms with E-state index in [4.69, 9.17) is 4.74 Å². The van der Waals surface area contributed by atoms with Crippen molar-refractivity contribution in [1.82, 2.24) is 24.5 Å². The lowest BCUT2D eigenvalue weighted by molar-refractivity contribution is 0.0705. The summed E-state index contributed by atoms with van der Waals surface area (Å²) < 4.78 is 7.65. The van der Waals surface area contributed by atoms with E-state index in [9.17, 15) is 4.79 Å². The van der Waals surface area contributed by atoms with Crippen LogP contribution in [0.15, 0.2) is 42.9 Å². The summed E-state index contributed by atoms with van der Waals surface area (Å²) in [6.45, 7) is 1.45. The summed E-state index contributed by atoms with van der Waals surface area (Å²) in [5.74, 6) is 3.82. The minimum atomic E-state index is 0.0688. The van der Waals surface area contributed by atoms with Gasteiger partial charge in [-0.15, -0.1) is 0 Å². The summed E-state index contributed by atoms with van der Waals surface area (Å²) in [7, 11) is 0. The van der Waals surface area contributed by atoms with Crippen molar-refractivity contribution >= 4 is 23.4 Å². The number of aromatic nitrogens is 4. The minimum absolute atomic E-state index is 0.0688. The summed E-state index contributed by atoms with van der Waals surface area (Å²) >= 11 is 1.89. The van der Waals surface area contributed by atoms with Crippen molar-refractivity contribution in [2.24, 2.45) is 0 Å². The van der Waals surface area contributed by atoms with Crippen LogP contribution in [0.1, 0.15) is 34.8 Å². The molecule has 2 fully saturated rings. The van der Waals surface area contributed by atoms with Crippen LogP contribution in [0, 0.1) is 0 Å². The molecule has 0 saturated carbocycles. The van der Waals surface area contributed by atoms with Crippen LogP contribution in [-0.2, 0) is 0 Å². The number of carbonyl (C=O) groups is 1. The summed E-state index contributed by atoms with van der Waals surface area (Å²) in [6.07, 6.45) is 5.58. The number of thioether (sulfide) groups is 1. The van der Waals surface area contributed by atoms with E-state index in [2.05, 4.69) is 15.1 Å². The van der Waals surface area contributed by atoms with Crippen LogP contribution >= 0.6 is 11.8 Å². The molecule has 5 rings (SSSR count). The van der Waals surface area contributed by atoms with E-state index < -0.39 is 0 Å². The number of carbonyl (C=O) groups excluding carboxylic acids is 1. The second kappa shape index (κ2) is 7.43. The molecule has 0 bridgehead atoms. The first-order valence-electron chi connectivity index (χ1n) is 9.56. The normalized spacial score (nSPS) is 20.1. The molecule has 7 nitrogen and oxygen atoms in total. The molecule has 1 amide bonds. The lowest BCUT2D eigenvalue weighted by atomic mass is 9.94. The smallest absolute Gasteiger partial charge is 0.253 e. The minimum Gasteiger partial charge on any atom is -0.489 e. The zero-order valence-electron chi connectivity index (χ0n) is 15.4. The maximum Gasteiger partial charge on any atom is 0.253 e. The molecule has 2 aliphatic heterocycles. The topological polar surface area (TPSA) is 72.6 Å². The molecular formula is C20H21N5O2S. The number of rotatable bonds is 4. The highest BCUT2D eigenvalue weighted by molar-refractivity contribution is 8.00. The highest BCUT2D eigenvalue weighted by atomic mass is 32.2. The van der Waals surface area contributed by atoms with E-state index in [-0.39, 0.29) is 11.8 Å². The summed E-state index contributed by atoms with van der Waals surface area (Å²) in [5, 5.41) is 4.29. The molecule has 2 saturated heterocycles. The van der Waals surface area contributed by atoms with Crippen LogP contribution in [0.4, 0.5) is 0 Å². The van der Waals surface area contributed by atoms with E-state index >= 15 is 0 Å². The van der Waals surface area contributed by atoms with Gasteiger partial charge < -0.3 is 9.64 Å². The Labute approximate surface area is 167 Å². The Morgan fingerprint density at radius 1 is 1.14 bits per heavy atom. The van der Waals surface area contributed by atoms with Crippen LogP contribution in [0.25, 0.3) is 5.78 Å². The summed E-state index contributed by atoms with van der Waals surface area (Å²) in [5.41, 5.74) is 1.76. The van der Waals surface area contributed by atoms with Crippen molar-refractivity contribution in [3.63, 3.8) is 0 Å². The SMILES string of the molecule is O=C(c1ccc(OC2CSC2)cc1)N1CCC[C@@H](c2ccnc3ncnn23)C1. The number of amides is 1. The molecule has 0 aliphatic carbocycles. The molecule has 8 heteroatoms. The van der Waals surface area contributed by atoms with Gasteiger partial charge in [-0.3, -0.25) is 4.79 Å². The van der Waals surface area contributed by atoms with Crippen molar-refractivity contribution in [1.29, 1.82) is 0 Å². The number of ether oxygens (including phenoxy) is 1. The third kappa shape index (κ3) is 3.32. The fourth-order valence-electron chi connectivity index (χ4n) is 3.80. The molecule has 0 unspecified atom stereocenters. The van der Waals surface area contributed by atoms with Crippen molar-refractivity contribution in [3.8, 4) is 5.75 Å². The average Bonchev–Trinajstić information content (AvgIpc) is 3.20. The zero-order chi connectivity index (χ0) is 18.9. The average molecular weight is 395 g/mol. The van der Waals surface area contributed by atoms with E-state index in [1.165, 1.54) is 6.33 Å². The summed E-state index contributed by atoms with van der Waals surface area (Å²) in [6, 6.07) is 9.52. The molecule has 0 spiro atoms. The summed E-state index contributed by atoms with van der Waals surface area (Å²) in [4.78, 5) is 23.4. The molecule has 2 aromatic heterocycles. The molecule has 1 aromatic carbocycles. The number of benzene rings is 1. The van der Waals surface area contributed by atoms with Gasteiger partial charge in [0.2, 0.25) is 0 Å². The molecule has 0 N–H and O–H groups in total. The Morgan fingerprint density at radius 2 is 2.00 bits per heavy atom. The van der Waals surface area contributed by atoms with E-state index in [1.54, 1.807) is 10.7 Å². The standard InChI is InChI=1S/C20H21N5O2S/c26-19(14-3-5-16(6-4-14)27-17-11-28-12-17)24-9-1-2-15(10-24)18-7-8-21-20-22-13-23-25(18)20/h3-8,13,15,17H,1-2,9-12H2/t15-/m1/s1. The van der Waals surface area contributed by atoms with Gasteiger partial charge in [0, 0.05) is 42.3 Å². The number of piperidine rings is 1. The van der Waals surface area contributed by atoms with Crippen LogP contribution in [0.3, 0.4) is 0 Å². The van der Waals surface area contributed by atoms with Crippen LogP contribution in [-0.4, -0.2) is 61.1 Å². The number of fused-ring (bicyclic) bond motifs is 1. The third-order valence-electron chi connectivity index (χ3n) is 5.35. The lowest BCUT2D eigenvalue weighted by Crippen LogP contribution is -2.39. The fraction of sp³-hybridized carbons (Fsp3) is 0.400. The second-order valence-electron chi connectivity index (χ2n) is 7.23. The van der Waals surface area contributed by atoms with Crippen LogP contribution in [0.2, 0.25) is 0 Å². The van der Waals surface area contributed by atoms with Gasteiger partial charge in [-0.1, -0.05) is 0 Å². The molecule has 4 heterocycles. The number of likely N-dealkylation sites (tertiary alicyclic amines) is 1. The Bertz CT molecular complexity index is 986.